The van der Waals surface area contributed by atoms with Gasteiger partial charge in [0.05, 0.1) is 10.9 Å². The SMILES string of the molecule is O=C(COc1ccc2c(=O)c(-c3ccccc3)coc2c1)NCCc1c[nH]c2ccccc12. The van der Waals surface area contributed by atoms with Crippen LogP contribution in [0.2, 0.25) is 0 Å². The summed E-state index contributed by atoms with van der Waals surface area (Å²) in [6.45, 7) is 0.393. The summed E-state index contributed by atoms with van der Waals surface area (Å²) in [5.74, 6) is 0.251. The van der Waals surface area contributed by atoms with E-state index in [0.717, 1.165) is 28.5 Å². The lowest BCUT2D eigenvalue weighted by Crippen LogP contribution is -2.30. The number of nitrogens with one attached hydrogen (secondary N) is 2. The molecule has 33 heavy (non-hydrogen) atoms. The first-order chi connectivity index (χ1) is 16.2. The molecule has 6 nitrogen and oxygen atoms in total. The van der Waals surface area contributed by atoms with Gasteiger partial charge in [0.15, 0.2) is 12.0 Å². The van der Waals surface area contributed by atoms with Crippen molar-refractivity contribution in [2.75, 3.05) is 13.2 Å². The van der Waals surface area contributed by atoms with Crippen LogP contribution in [-0.4, -0.2) is 24.0 Å². The van der Waals surface area contributed by atoms with Crippen molar-refractivity contribution in [2.24, 2.45) is 0 Å². The van der Waals surface area contributed by atoms with Gasteiger partial charge in [-0.3, -0.25) is 9.59 Å². The van der Waals surface area contributed by atoms with Crippen LogP contribution in [0.1, 0.15) is 5.56 Å². The van der Waals surface area contributed by atoms with Gasteiger partial charge in [-0.25, -0.2) is 0 Å². The first-order valence-corrected chi connectivity index (χ1v) is 10.7. The zero-order valence-electron chi connectivity index (χ0n) is 17.8. The highest BCUT2D eigenvalue weighted by atomic mass is 16.5. The van der Waals surface area contributed by atoms with Crippen LogP contribution < -0.4 is 15.5 Å². The zero-order valence-corrected chi connectivity index (χ0v) is 17.8. The topological polar surface area (TPSA) is 84.3 Å². The summed E-state index contributed by atoms with van der Waals surface area (Å²) >= 11 is 0. The summed E-state index contributed by atoms with van der Waals surface area (Å²) in [7, 11) is 0. The van der Waals surface area contributed by atoms with Gasteiger partial charge in [-0.1, -0.05) is 48.5 Å². The standard InChI is InChI=1S/C27H22N2O4/c30-26(28-13-12-19-15-29-24-9-5-4-8-21(19)24)17-32-20-10-11-22-25(14-20)33-16-23(27(22)31)18-6-2-1-3-7-18/h1-11,14-16,29H,12-13,17H2,(H,28,30). The molecule has 5 aromatic rings. The van der Waals surface area contributed by atoms with Gasteiger partial charge < -0.3 is 19.5 Å². The van der Waals surface area contributed by atoms with Gasteiger partial charge in [0.25, 0.3) is 5.91 Å². The Morgan fingerprint density at radius 2 is 1.79 bits per heavy atom. The average molecular weight is 438 g/mol. The van der Waals surface area contributed by atoms with Crippen LogP contribution in [0.4, 0.5) is 0 Å². The van der Waals surface area contributed by atoms with Crippen LogP contribution in [0, 0.1) is 0 Å². The van der Waals surface area contributed by atoms with Crippen molar-refractivity contribution in [3.8, 4) is 16.9 Å². The van der Waals surface area contributed by atoms with Crippen molar-refractivity contribution in [3.63, 3.8) is 0 Å². The molecule has 0 aliphatic carbocycles. The van der Waals surface area contributed by atoms with Crippen LogP contribution >= 0.6 is 0 Å². The molecule has 0 aliphatic rings. The molecule has 2 aromatic heterocycles. The third kappa shape index (κ3) is 4.36. The van der Waals surface area contributed by atoms with E-state index in [1.54, 1.807) is 18.2 Å². The predicted molar refractivity (Wildman–Crippen MR) is 128 cm³/mol. The number of aromatic amines is 1. The number of aromatic nitrogens is 1. The van der Waals surface area contributed by atoms with E-state index in [4.69, 9.17) is 9.15 Å². The van der Waals surface area contributed by atoms with Gasteiger partial charge in [0, 0.05) is 29.7 Å². The van der Waals surface area contributed by atoms with Crippen molar-refractivity contribution in [1.82, 2.24) is 10.3 Å². The fourth-order valence-electron chi connectivity index (χ4n) is 3.89. The highest BCUT2D eigenvalue weighted by Crippen LogP contribution is 2.23. The number of carbonyl (C=O) groups excluding carboxylic acids is 1. The van der Waals surface area contributed by atoms with Gasteiger partial charge >= 0.3 is 0 Å². The number of hydrogen-bond acceptors (Lipinski definition) is 4. The van der Waals surface area contributed by atoms with Gasteiger partial charge in [-0.15, -0.1) is 0 Å². The van der Waals surface area contributed by atoms with Gasteiger partial charge in [-0.2, -0.15) is 0 Å². The second kappa shape index (κ2) is 9.04. The van der Waals surface area contributed by atoms with Crippen LogP contribution in [0.15, 0.2) is 94.5 Å². The smallest absolute Gasteiger partial charge is 0.257 e. The van der Waals surface area contributed by atoms with Crippen molar-refractivity contribution in [1.29, 1.82) is 0 Å². The van der Waals surface area contributed by atoms with E-state index < -0.39 is 0 Å². The molecule has 0 radical (unpaired) electrons. The Morgan fingerprint density at radius 1 is 0.970 bits per heavy atom. The zero-order chi connectivity index (χ0) is 22.6. The minimum Gasteiger partial charge on any atom is -0.484 e. The van der Waals surface area contributed by atoms with Crippen LogP contribution in [-0.2, 0) is 11.2 Å². The van der Waals surface area contributed by atoms with E-state index in [2.05, 4.69) is 16.4 Å². The highest BCUT2D eigenvalue weighted by molar-refractivity contribution is 5.84. The third-order valence-corrected chi connectivity index (χ3v) is 5.59. The molecule has 0 spiro atoms. The summed E-state index contributed by atoms with van der Waals surface area (Å²) in [6.07, 6.45) is 4.15. The molecule has 6 heteroatoms. The number of H-pyrrole nitrogens is 1. The number of ether oxygens (including phenoxy) is 1. The van der Waals surface area contributed by atoms with E-state index in [9.17, 15) is 9.59 Å². The van der Waals surface area contributed by atoms with E-state index >= 15 is 0 Å². The Hall–Kier alpha value is -4.32. The van der Waals surface area contributed by atoms with E-state index in [1.165, 1.54) is 6.26 Å². The Kier molecular flexibility index (Phi) is 5.64. The fraction of sp³-hybridized carbons (Fsp3) is 0.111. The number of amides is 1. The molecule has 0 fully saturated rings. The number of rotatable bonds is 7. The summed E-state index contributed by atoms with van der Waals surface area (Å²) in [5.41, 5.74) is 3.86. The lowest BCUT2D eigenvalue weighted by molar-refractivity contribution is -0.123. The molecule has 3 aromatic carbocycles. The summed E-state index contributed by atoms with van der Waals surface area (Å²) in [5, 5.41) is 4.50. The normalized spacial score (nSPS) is 11.0. The Bertz CT molecular complexity index is 1480. The highest BCUT2D eigenvalue weighted by Gasteiger charge is 2.11. The molecule has 5 rings (SSSR count). The average Bonchev–Trinajstić information content (AvgIpc) is 3.26. The number of benzene rings is 3. The van der Waals surface area contributed by atoms with Crippen molar-refractivity contribution >= 4 is 27.8 Å². The summed E-state index contributed by atoms with van der Waals surface area (Å²) in [6, 6.07) is 22.4. The second-order valence-corrected chi connectivity index (χ2v) is 7.75. The maximum atomic E-state index is 12.8. The quantitative estimate of drug-likeness (QED) is 0.386. The summed E-state index contributed by atoms with van der Waals surface area (Å²) < 4.78 is 11.3. The Balaban J connectivity index is 1.19. The molecule has 1 amide bonds. The molecule has 2 heterocycles. The minimum absolute atomic E-state index is 0.107. The maximum absolute atomic E-state index is 12.8. The predicted octanol–water partition coefficient (Wildman–Crippen LogP) is 4.68. The fourth-order valence-corrected chi connectivity index (χ4v) is 3.89. The van der Waals surface area contributed by atoms with E-state index in [-0.39, 0.29) is 17.9 Å². The number of hydrogen-bond donors (Lipinski definition) is 2. The summed E-state index contributed by atoms with van der Waals surface area (Å²) in [4.78, 5) is 28.3. The monoisotopic (exact) mass is 438 g/mol. The van der Waals surface area contributed by atoms with Crippen LogP contribution in [0.5, 0.6) is 5.75 Å². The lowest BCUT2D eigenvalue weighted by Gasteiger charge is -2.08. The maximum Gasteiger partial charge on any atom is 0.257 e. The molecule has 0 saturated heterocycles. The molecule has 0 atom stereocenters. The van der Waals surface area contributed by atoms with Gasteiger partial charge in [0.2, 0.25) is 0 Å². The minimum atomic E-state index is -0.212. The molecular formula is C27H22N2O4. The second-order valence-electron chi connectivity index (χ2n) is 7.75. The van der Waals surface area contributed by atoms with Crippen LogP contribution in [0.3, 0.4) is 0 Å². The largest absolute Gasteiger partial charge is 0.484 e. The number of carbonyl (C=O) groups is 1. The Morgan fingerprint density at radius 3 is 2.67 bits per heavy atom. The number of para-hydroxylation sites is 1. The number of fused-ring (bicyclic) bond motifs is 2. The molecule has 2 N–H and O–H groups in total. The van der Waals surface area contributed by atoms with Crippen molar-refractivity contribution in [3.05, 3.63) is 101 Å². The van der Waals surface area contributed by atoms with Gasteiger partial charge in [0.1, 0.15) is 17.6 Å². The lowest BCUT2D eigenvalue weighted by atomic mass is 10.1. The third-order valence-electron chi connectivity index (χ3n) is 5.59. The molecule has 0 aliphatic heterocycles. The Labute approximate surface area is 189 Å². The van der Waals surface area contributed by atoms with Crippen LogP contribution in [0.25, 0.3) is 33.0 Å². The first kappa shape index (κ1) is 20.6. The first-order valence-electron chi connectivity index (χ1n) is 10.7. The van der Waals surface area contributed by atoms with E-state index in [1.807, 2.05) is 54.7 Å². The van der Waals surface area contributed by atoms with E-state index in [0.29, 0.717) is 28.8 Å². The molecular weight excluding hydrogens is 416 g/mol. The molecule has 0 unspecified atom stereocenters. The van der Waals surface area contributed by atoms with Crippen molar-refractivity contribution in [2.45, 2.75) is 6.42 Å². The van der Waals surface area contributed by atoms with Gasteiger partial charge in [-0.05, 0) is 35.7 Å². The molecule has 0 bridgehead atoms. The van der Waals surface area contributed by atoms with Crippen molar-refractivity contribution < 1.29 is 13.9 Å². The molecule has 164 valence electrons. The molecule has 0 saturated carbocycles.